The van der Waals surface area contributed by atoms with Gasteiger partial charge in [0.05, 0.1) is 6.20 Å². The van der Waals surface area contributed by atoms with Crippen LogP contribution in [0.2, 0.25) is 0 Å². The summed E-state index contributed by atoms with van der Waals surface area (Å²) < 4.78 is 7.45. The first-order valence-corrected chi connectivity index (χ1v) is 12.0. The fourth-order valence-electron chi connectivity index (χ4n) is 7.00. The number of rotatable bonds is 4. The molecule has 4 bridgehead atoms. The Morgan fingerprint density at radius 3 is 2.44 bits per heavy atom. The minimum absolute atomic E-state index is 0.136. The van der Waals surface area contributed by atoms with E-state index in [1.807, 2.05) is 48.7 Å². The molecule has 0 radical (unpaired) electrons. The van der Waals surface area contributed by atoms with Crippen molar-refractivity contribution in [1.29, 1.82) is 0 Å². The molecule has 7 rings (SSSR count). The minimum Gasteiger partial charge on any atom is -0.390 e. The average Bonchev–Trinajstić information content (AvgIpc) is 3.13. The van der Waals surface area contributed by atoms with E-state index in [-0.39, 0.29) is 22.9 Å². The van der Waals surface area contributed by atoms with Crippen LogP contribution in [0.4, 0.5) is 4.79 Å². The van der Waals surface area contributed by atoms with Gasteiger partial charge in [0, 0.05) is 23.0 Å². The third-order valence-electron chi connectivity index (χ3n) is 7.70. The largest absolute Gasteiger partial charge is 0.414 e. The van der Waals surface area contributed by atoms with Crippen LogP contribution in [-0.4, -0.2) is 37.4 Å². The van der Waals surface area contributed by atoms with Crippen molar-refractivity contribution in [3.05, 3.63) is 59.7 Å². The van der Waals surface area contributed by atoms with E-state index in [0.717, 1.165) is 49.0 Å². The van der Waals surface area contributed by atoms with Gasteiger partial charge in [0.1, 0.15) is 11.3 Å². The maximum absolute atomic E-state index is 13.1. The van der Waals surface area contributed by atoms with E-state index >= 15 is 0 Å². The third kappa shape index (κ3) is 3.81. The number of fused-ring (bicyclic) bond motifs is 1. The summed E-state index contributed by atoms with van der Waals surface area (Å²) in [5, 5.41) is 6.53. The summed E-state index contributed by atoms with van der Waals surface area (Å²) in [6.07, 6.45) is 8.79. The van der Waals surface area contributed by atoms with Crippen LogP contribution >= 0.6 is 0 Å². The van der Waals surface area contributed by atoms with E-state index in [1.165, 1.54) is 0 Å². The lowest BCUT2D eigenvalue weighted by Crippen LogP contribution is -2.70. The maximum Gasteiger partial charge on any atom is 0.414 e. The van der Waals surface area contributed by atoms with Crippen LogP contribution in [0.1, 0.15) is 60.3 Å². The molecular formula is C26H29N5O3. The molecule has 4 aliphatic rings. The average molecular weight is 460 g/mol. The molecule has 2 amide bonds. The molecule has 0 saturated heterocycles. The van der Waals surface area contributed by atoms with E-state index in [0.29, 0.717) is 24.0 Å². The highest BCUT2D eigenvalue weighted by molar-refractivity contribution is 5.92. The van der Waals surface area contributed by atoms with Crippen LogP contribution in [0.3, 0.4) is 0 Å². The van der Waals surface area contributed by atoms with Crippen molar-refractivity contribution in [3.8, 4) is 5.88 Å². The first-order chi connectivity index (χ1) is 16.3. The highest BCUT2D eigenvalue weighted by atomic mass is 16.6. The summed E-state index contributed by atoms with van der Waals surface area (Å²) in [4.78, 5) is 34.8. The molecule has 2 N–H and O–H groups in total. The molecule has 2 atom stereocenters. The molecule has 0 aliphatic heterocycles. The zero-order chi connectivity index (χ0) is 23.5. The summed E-state index contributed by atoms with van der Waals surface area (Å²) >= 11 is 0. The number of aryl methyl sites for hydroxylation is 2. The van der Waals surface area contributed by atoms with E-state index in [9.17, 15) is 9.59 Å². The number of nitrogens with one attached hydrogen (secondary N) is 2. The predicted octanol–water partition coefficient (Wildman–Crippen LogP) is 3.96. The standard InChI is InChI=1S/C26H29N5O3/c1-16-6-7-21-28-22(14-31(21)13-16)34-24(33)30-26-11-18-8-19(12-26)10-25(9-18,15-26)29-23(32)20-5-3-4-17(2)27-20/h3-7,13-14,18-19H,8-12,15H2,1-2H3,(H,29,32)(H,30,33). The Hall–Kier alpha value is -3.42. The van der Waals surface area contributed by atoms with Crippen LogP contribution in [0.5, 0.6) is 5.88 Å². The second-order valence-corrected chi connectivity index (χ2v) is 10.7. The zero-order valence-corrected chi connectivity index (χ0v) is 19.5. The highest BCUT2D eigenvalue weighted by Crippen LogP contribution is 2.57. The summed E-state index contributed by atoms with van der Waals surface area (Å²) in [7, 11) is 0. The Morgan fingerprint density at radius 2 is 1.71 bits per heavy atom. The predicted molar refractivity (Wildman–Crippen MR) is 126 cm³/mol. The lowest BCUT2D eigenvalue weighted by Gasteiger charge is -2.61. The van der Waals surface area contributed by atoms with E-state index < -0.39 is 6.09 Å². The lowest BCUT2D eigenvalue weighted by molar-refractivity contribution is -0.0450. The second-order valence-electron chi connectivity index (χ2n) is 10.7. The van der Waals surface area contributed by atoms with Crippen LogP contribution in [-0.2, 0) is 0 Å². The molecule has 3 aromatic heterocycles. The zero-order valence-electron chi connectivity index (χ0n) is 19.5. The van der Waals surface area contributed by atoms with Crippen molar-refractivity contribution in [2.75, 3.05) is 0 Å². The smallest absolute Gasteiger partial charge is 0.390 e. The number of aromatic nitrogens is 3. The third-order valence-corrected chi connectivity index (χ3v) is 7.70. The molecule has 3 aromatic rings. The van der Waals surface area contributed by atoms with Gasteiger partial charge in [0.2, 0.25) is 5.88 Å². The lowest BCUT2D eigenvalue weighted by atomic mass is 9.50. The van der Waals surface area contributed by atoms with Gasteiger partial charge in [0.25, 0.3) is 5.91 Å². The molecule has 3 heterocycles. The monoisotopic (exact) mass is 459 g/mol. The molecule has 2 unspecified atom stereocenters. The summed E-state index contributed by atoms with van der Waals surface area (Å²) in [6, 6.07) is 9.37. The van der Waals surface area contributed by atoms with Crippen LogP contribution in [0, 0.1) is 25.7 Å². The topological polar surface area (TPSA) is 97.6 Å². The molecule has 8 nitrogen and oxygen atoms in total. The van der Waals surface area contributed by atoms with Gasteiger partial charge < -0.3 is 19.8 Å². The molecule has 0 spiro atoms. The first-order valence-electron chi connectivity index (χ1n) is 12.0. The number of ether oxygens (including phenoxy) is 1. The Kier molecular flexibility index (Phi) is 4.69. The van der Waals surface area contributed by atoms with Gasteiger partial charge in [-0.15, -0.1) is 0 Å². The molecular weight excluding hydrogens is 430 g/mol. The van der Waals surface area contributed by atoms with Gasteiger partial charge in [-0.25, -0.2) is 9.78 Å². The van der Waals surface area contributed by atoms with Gasteiger partial charge >= 0.3 is 6.09 Å². The first kappa shape index (κ1) is 21.1. The van der Waals surface area contributed by atoms with Crippen molar-refractivity contribution in [2.24, 2.45) is 11.8 Å². The fraction of sp³-hybridized carbons (Fsp3) is 0.462. The van der Waals surface area contributed by atoms with Crippen molar-refractivity contribution in [3.63, 3.8) is 0 Å². The Balaban J connectivity index is 1.19. The summed E-state index contributed by atoms with van der Waals surface area (Å²) in [5.74, 6) is 1.10. The molecule has 0 aromatic carbocycles. The SMILES string of the molecule is Cc1ccc2nc(OC(=O)NC34CC5CC(C3)CC(NC(=O)c3cccc(C)n3)(C5)C4)cn2c1. The number of hydrogen-bond donors (Lipinski definition) is 2. The second kappa shape index (κ2) is 7.55. The molecule has 176 valence electrons. The van der Waals surface area contributed by atoms with Crippen LogP contribution in [0.15, 0.2) is 42.7 Å². The van der Waals surface area contributed by atoms with Crippen molar-refractivity contribution >= 4 is 17.6 Å². The van der Waals surface area contributed by atoms with E-state index in [1.54, 1.807) is 12.3 Å². The van der Waals surface area contributed by atoms with Gasteiger partial charge in [-0.3, -0.25) is 4.79 Å². The van der Waals surface area contributed by atoms with Crippen molar-refractivity contribution in [2.45, 2.75) is 63.5 Å². The molecule has 4 aliphatic carbocycles. The number of pyridine rings is 2. The van der Waals surface area contributed by atoms with Crippen molar-refractivity contribution in [1.82, 2.24) is 25.0 Å². The van der Waals surface area contributed by atoms with Crippen molar-refractivity contribution < 1.29 is 14.3 Å². The molecule has 4 fully saturated rings. The minimum atomic E-state index is -0.482. The Bertz CT molecular complexity index is 1280. The quantitative estimate of drug-likeness (QED) is 0.616. The number of amides is 2. The number of hydrogen-bond acceptors (Lipinski definition) is 5. The summed E-state index contributed by atoms with van der Waals surface area (Å²) in [6.45, 7) is 3.89. The number of imidazole rings is 1. The van der Waals surface area contributed by atoms with Gasteiger partial charge in [-0.2, -0.15) is 4.98 Å². The molecule has 4 saturated carbocycles. The Labute approximate surface area is 198 Å². The van der Waals surface area contributed by atoms with E-state index in [2.05, 4.69) is 20.6 Å². The van der Waals surface area contributed by atoms with Gasteiger partial charge in [-0.05, 0) is 88.0 Å². The van der Waals surface area contributed by atoms with Crippen LogP contribution in [0.25, 0.3) is 5.65 Å². The highest BCUT2D eigenvalue weighted by Gasteiger charge is 2.59. The normalized spacial score (nSPS) is 29.2. The van der Waals surface area contributed by atoms with Gasteiger partial charge in [0.15, 0.2) is 0 Å². The molecule has 34 heavy (non-hydrogen) atoms. The summed E-state index contributed by atoms with van der Waals surface area (Å²) in [5.41, 5.74) is 2.41. The number of carbonyl (C=O) groups is 2. The number of carbonyl (C=O) groups excluding carboxylic acids is 2. The van der Waals surface area contributed by atoms with E-state index in [4.69, 9.17) is 4.74 Å². The fourth-order valence-corrected chi connectivity index (χ4v) is 7.00. The number of nitrogens with zero attached hydrogens (tertiary/aromatic N) is 3. The Morgan fingerprint density at radius 1 is 0.971 bits per heavy atom. The van der Waals surface area contributed by atoms with Crippen LogP contribution < -0.4 is 15.4 Å². The van der Waals surface area contributed by atoms with Gasteiger partial charge in [-0.1, -0.05) is 12.1 Å². The maximum atomic E-state index is 13.1. The molecule has 8 heteroatoms.